The van der Waals surface area contributed by atoms with Crippen LogP contribution in [0.25, 0.3) is 33.7 Å². The van der Waals surface area contributed by atoms with E-state index in [0.29, 0.717) is 13.1 Å². The summed E-state index contributed by atoms with van der Waals surface area (Å²) in [6, 6.07) is 28.1. The Bertz CT molecular complexity index is 1210. The zero-order chi connectivity index (χ0) is 22.2. The lowest BCUT2D eigenvalue weighted by Gasteiger charge is -2.05. The highest BCUT2D eigenvalue weighted by Crippen LogP contribution is 2.20. The van der Waals surface area contributed by atoms with E-state index in [0.717, 1.165) is 32.7 Å². The number of hydrogen-bond acceptors (Lipinski definition) is 2. The minimum atomic E-state index is -0.196. The number of carbonyl (C=O) groups is 2. The quantitative estimate of drug-likeness (QED) is 0.328. The molecule has 0 saturated heterocycles. The number of nitrogens with one attached hydrogen (secondary N) is 2. The summed E-state index contributed by atoms with van der Waals surface area (Å²) in [4.78, 5) is 24.2. The molecule has 4 aromatic rings. The molecule has 0 spiro atoms. The molecule has 0 atom stereocenters. The molecule has 0 aliphatic heterocycles. The smallest absolute Gasteiger partial charge is 0.244 e. The maximum absolute atomic E-state index is 12.1. The molecule has 158 valence electrons. The lowest BCUT2D eigenvalue weighted by atomic mass is 10.0. The van der Waals surface area contributed by atoms with Crippen molar-refractivity contribution in [2.45, 2.75) is 0 Å². The Morgan fingerprint density at radius 1 is 0.562 bits per heavy atom. The summed E-state index contributed by atoms with van der Waals surface area (Å²) in [5, 5.41) is 10.0. The summed E-state index contributed by atoms with van der Waals surface area (Å²) in [5.74, 6) is -0.392. The summed E-state index contributed by atoms with van der Waals surface area (Å²) in [6.45, 7) is 0.707. The molecule has 0 aliphatic carbocycles. The van der Waals surface area contributed by atoms with Gasteiger partial charge in [0.1, 0.15) is 0 Å². The van der Waals surface area contributed by atoms with E-state index < -0.39 is 0 Å². The fraction of sp³-hybridized carbons (Fsp3) is 0.0714. The molecular formula is C28H24N2O2. The summed E-state index contributed by atoms with van der Waals surface area (Å²) in [7, 11) is 0. The Morgan fingerprint density at radius 2 is 0.969 bits per heavy atom. The van der Waals surface area contributed by atoms with Gasteiger partial charge in [0.15, 0.2) is 0 Å². The highest BCUT2D eigenvalue weighted by Gasteiger charge is 2.01. The van der Waals surface area contributed by atoms with Gasteiger partial charge in [-0.05, 0) is 44.8 Å². The first-order chi connectivity index (χ1) is 15.7. The van der Waals surface area contributed by atoms with Gasteiger partial charge in [-0.25, -0.2) is 0 Å². The van der Waals surface area contributed by atoms with Crippen LogP contribution in [0.1, 0.15) is 11.1 Å². The van der Waals surface area contributed by atoms with Gasteiger partial charge in [0, 0.05) is 25.2 Å². The van der Waals surface area contributed by atoms with Gasteiger partial charge in [0.05, 0.1) is 0 Å². The topological polar surface area (TPSA) is 58.2 Å². The lowest BCUT2D eigenvalue weighted by molar-refractivity contribution is -0.118. The van der Waals surface area contributed by atoms with Crippen LogP contribution < -0.4 is 10.6 Å². The summed E-state index contributed by atoms with van der Waals surface area (Å²) in [6.07, 6.45) is 6.65. The van der Waals surface area contributed by atoms with Gasteiger partial charge in [0.2, 0.25) is 11.8 Å². The van der Waals surface area contributed by atoms with Crippen molar-refractivity contribution in [2.24, 2.45) is 0 Å². The number of amides is 2. The number of hydrogen-bond donors (Lipinski definition) is 2. The SMILES string of the molecule is O=C(C=Cc1cccc2ccccc12)NCCNC(=O)C=Cc1cccc2ccccc12. The molecule has 0 unspecified atom stereocenters. The molecular weight excluding hydrogens is 396 g/mol. The first-order valence-electron chi connectivity index (χ1n) is 10.6. The van der Waals surface area contributed by atoms with E-state index in [-0.39, 0.29) is 11.8 Å². The second kappa shape index (κ2) is 10.2. The molecule has 0 heterocycles. The van der Waals surface area contributed by atoms with Crippen LogP contribution in [0.5, 0.6) is 0 Å². The minimum absolute atomic E-state index is 0.196. The predicted octanol–water partition coefficient (Wildman–Crippen LogP) is 4.95. The van der Waals surface area contributed by atoms with E-state index >= 15 is 0 Å². The van der Waals surface area contributed by atoms with Crippen LogP contribution in [0.4, 0.5) is 0 Å². The fourth-order valence-electron chi connectivity index (χ4n) is 3.61. The Labute approximate surface area is 187 Å². The van der Waals surface area contributed by atoms with E-state index in [1.54, 1.807) is 0 Å². The van der Waals surface area contributed by atoms with Gasteiger partial charge in [-0.3, -0.25) is 9.59 Å². The third-order valence-corrected chi connectivity index (χ3v) is 5.20. The van der Waals surface area contributed by atoms with Crippen molar-refractivity contribution in [3.8, 4) is 0 Å². The molecule has 0 saturated carbocycles. The number of fused-ring (bicyclic) bond motifs is 2. The van der Waals surface area contributed by atoms with E-state index in [2.05, 4.69) is 10.6 Å². The molecule has 32 heavy (non-hydrogen) atoms. The zero-order valence-corrected chi connectivity index (χ0v) is 17.6. The van der Waals surface area contributed by atoms with Crippen molar-refractivity contribution < 1.29 is 9.59 Å². The summed E-state index contributed by atoms with van der Waals surface area (Å²) < 4.78 is 0. The maximum atomic E-state index is 12.1. The first kappa shape index (κ1) is 21.1. The van der Waals surface area contributed by atoms with Gasteiger partial charge in [0.25, 0.3) is 0 Å². The molecule has 0 aromatic heterocycles. The largest absolute Gasteiger partial charge is 0.351 e. The zero-order valence-electron chi connectivity index (χ0n) is 17.6. The van der Waals surface area contributed by atoms with Crippen LogP contribution in [0.2, 0.25) is 0 Å². The molecule has 2 N–H and O–H groups in total. The van der Waals surface area contributed by atoms with Gasteiger partial charge in [-0.1, -0.05) is 84.9 Å². The Morgan fingerprint density at radius 3 is 1.44 bits per heavy atom. The van der Waals surface area contributed by atoms with Crippen LogP contribution in [0.15, 0.2) is 97.1 Å². The standard InChI is InChI=1S/C28H24N2O2/c31-27(17-15-23-11-5-9-21-7-1-3-13-25(21)23)29-19-20-30-28(32)18-16-24-12-6-10-22-8-2-4-14-26(22)24/h1-18H,19-20H2,(H,29,31)(H,30,32). The molecule has 4 rings (SSSR count). The van der Waals surface area contributed by atoms with E-state index in [4.69, 9.17) is 0 Å². The predicted molar refractivity (Wildman–Crippen MR) is 132 cm³/mol. The average molecular weight is 421 g/mol. The number of rotatable bonds is 7. The van der Waals surface area contributed by atoms with Crippen molar-refractivity contribution in [2.75, 3.05) is 13.1 Å². The normalized spacial score (nSPS) is 11.4. The van der Waals surface area contributed by atoms with Crippen LogP contribution in [-0.4, -0.2) is 24.9 Å². The van der Waals surface area contributed by atoms with E-state index in [1.807, 2.05) is 97.1 Å². The van der Waals surface area contributed by atoms with Gasteiger partial charge >= 0.3 is 0 Å². The van der Waals surface area contributed by atoms with Gasteiger partial charge < -0.3 is 10.6 Å². The number of carbonyl (C=O) groups excluding carboxylic acids is 2. The Balaban J connectivity index is 1.25. The molecule has 0 radical (unpaired) electrons. The number of benzene rings is 4. The minimum Gasteiger partial charge on any atom is -0.351 e. The van der Waals surface area contributed by atoms with Crippen molar-refractivity contribution in [1.29, 1.82) is 0 Å². The van der Waals surface area contributed by atoms with Crippen molar-refractivity contribution in [3.63, 3.8) is 0 Å². The van der Waals surface area contributed by atoms with Crippen LogP contribution in [0, 0.1) is 0 Å². The summed E-state index contributed by atoms with van der Waals surface area (Å²) in [5.41, 5.74) is 1.98. The monoisotopic (exact) mass is 420 g/mol. The van der Waals surface area contributed by atoms with Crippen molar-refractivity contribution >= 4 is 45.5 Å². The maximum Gasteiger partial charge on any atom is 0.244 e. The van der Waals surface area contributed by atoms with Crippen molar-refractivity contribution in [3.05, 3.63) is 108 Å². The molecule has 4 nitrogen and oxygen atoms in total. The first-order valence-corrected chi connectivity index (χ1v) is 10.6. The lowest BCUT2D eigenvalue weighted by Crippen LogP contribution is -2.33. The fourth-order valence-corrected chi connectivity index (χ4v) is 3.61. The van der Waals surface area contributed by atoms with Crippen LogP contribution in [-0.2, 0) is 9.59 Å². The third kappa shape index (κ3) is 5.29. The second-order valence-corrected chi connectivity index (χ2v) is 7.39. The highest BCUT2D eigenvalue weighted by molar-refractivity contribution is 5.98. The molecule has 0 fully saturated rings. The average Bonchev–Trinajstić information content (AvgIpc) is 2.84. The molecule has 2 amide bonds. The van der Waals surface area contributed by atoms with Crippen LogP contribution in [0.3, 0.4) is 0 Å². The van der Waals surface area contributed by atoms with Gasteiger partial charge in [-0.2, -0.15) is 0 Å². The van der Waals surface area contributed by atoms with E-state index in [9.17, 15) is 9.59 Å². The summed E-state index contributed by atoms with van der Waals surface area (Å²) >= 11 is 0. The molecule has 0 bridgehead atoms. The molecule has 4 aromatic carbocycles. The Hall–Kier alpha value is -4.18. The van der Waals surface area contributed by atoms with Crippen molar-refractivity contribution in [1.82, 2.24) is 10.6 Å². The second-order valence-electron chi connectivity index (χ2n) is 7.39. The van der Waals surface area contributed by atoms with Gasteiger partial charge in [-0.15, -0.1) is 0 Å². The van der Waals surface area contributed by atoms with Crippen LogP contribution >= 0.6 is 0 Å². The van der Waals surface area contributed by atoms with E-state index in [1.165, 1.54) is 12.2 Å². The highest BCUT2D eigenvalue weighted by atomic mass is 16.2. The Kier molecular flexibility index (Phi) is 6.73. The molecule has 4 heteroatoms. The molecule has 0 aliphatic rings. The third-order valence-electron chi connectivity index (χ3n) is 5.20.